The number of rotatable bonds is 4. The number of carbonyl (C=O) groups is 2. The molecule has 0 aliphatic carbocycles. The lowest BCUT2D eigenvalue weighted by molar-refractivity contribution is -0.237. The molecule has 3 rings (SSSR count). The molecule has 1 aliphatic heterocycles. The van der Waals surface area contributed by atoms with Crippen LogP contribution in [0.15, 0.2) is 41.3 Å². The van der Waals surface area contributed by atoms with Crippen molar-refractivity contribution in [2.24, 2.45) is 0 Å². The predicted molar refractivity (Wildman–Crippen MR) is 94.5 cm³/mol. The lowest BCUT2D eigenvalue weighted by Gasteiger charge is -2.34. The number of thioether (sulfide) groups is 1. The summed E-state index contributed by atoms with van der Waals surface area (Å²) in [4.78, 5) is 25.1. The molecule has 0 N–H and O–H groups in total. The summed E-state index contributed by atoms with van der Waals surface area (Å²) in [6.07, 6.45) is -5.88. The highest BCUT2D eigenvalue weighted by Crippen LogP contribution is 2.48. The van der Waals surface area contributed by atoms with Crippen LogP contribution in [0.4, 0.5) is 45.6 Å². The number of amides is 3. The van der Waals surface area contributed by atoms with Crippen molar-refractivity contribution in [1.29, 1.82) is 0 Å². The van der Waals surface area contributed by atoms with Crippen LogP contribution in [0.1, 0.15) is 10.4 Å². The second-order valence-corrected chi connectivity index (χ2v) is 7.42. The predicted octanol–water partition coefficient (Wildman–Crippen LogP) is 5.37. The highest BCUT2D eigenvalue weighted by molar-refractivity contribution is 8.00. The van der Waals surface area contributed by atoms with Crippen molar-refractivity contribution in [3.63, 3.8) is 0 Å². The smallest absolute Gasteiger partial charge is 0.340 e. The molecule has 1 fully saturated rings. The third kappa shape index (κ3) is 4.50. The van der Waals surface area contributed by atoms with Crippen molar-refractivity contribution in [2.45, 2.75) is 16.3 Å². The summed E-state index contributed by atoms with van der Waals surface area (Å²) >= 11 is -0.952. The van der Waals surface area contributed by atoms with E-state index in [-0.39, 0.29) is 4.90 Å². The molecule has 0 unspecified atom stereocenters. The molecule has 172 valence electrons. The molecule has 0 bridgehead atoms. The molecule has 0 atom stereocenters. The van der Waals surface area contributed by atoms with Crippen molar-refractivity contribution >= 4 is 29.4 Å². The van der Waals surface area contributed by atoms with Gasteiger partial charge in [0.2, 0.25) is 0 Å². The minimum absolute atomic E-state index is 0.269. The van der Waals surface area contributed by atoms with Crippen molar-refractivity contribution in [2.75, 3.05) is 18.4 Å². The van der Waals surface area contributed by atoms with E-state index in [1.165, 1.54) is 0 Å². The number of nitrogens with zero attached hydrogens (tertiary/aromatic N) is 2. The largest absolute Gasteiger partial charge is 0.464 e. The average molecular weight is 486 g/mol. The fraction of sp³-hybridized carbons (Fsp3) is 0.222. The van der Waals surface area contributed by atoms with Crippen LogP contribution in [0.3, 0.4) is 0 Å². The average Bonchev–Trinajstić information content (AvgIpc) is 2.67. The maximum Gasteiger partial charge on any atom is 0.464 e. The summed E-state index contributed by atoms with van der Waals surface area (Å²) in [5.41, 5.74) is -1.69. The van der Waals surface area contributed by atoms with Crippen LogP contribution in [-0.2, 0) is 4.74 Å². The number of imide groups is 1. The van der Waals surface area contributed by atoms with Gasteiger partial charge in [-0.25, -0.2) is 22.9 Å². The summed E-state index contributed by atoms with van der Waals surface area (Å²) in [5, 5.41) is -5.20. The van der Waals surface area contributed by atoms with Gasteiger partial charge in [0.05, 0.1) is 5.69 Å². The van der Waals surface area contributed by atoms with Crippen LogP contribution in [0, 0.1) is 17.5 Å². The summed E-state index contributed by atoms with van der Waals surface area (Å²) in [6.45, 7) is -1.36. The molecule has 1 heterocycles. The Balaban J connectivity index is 1.86. The molecular weight excluding hydrogens is 476 g/mol. The molecule has 32 heavy (non-hydrogen) atoms. The van der Waals surface area contributed by atoms with Crippen LogP contribution in [0.25, 0.3) is 0 Å². The third-order valence-electron chi connectivity index (χ3n) is 4.11. The summed E-state index contributed by atoms with van der Waals surface area (Å²) in [5.74, 6) is -5.33. The van der Waals surface area contributed by atoms with Gasteiger partial charge in [-0.05, 0) is 42.1 Å². The van der Waals surface area contributed by atoms with Crippen molar-refractivity contribution in [1.82, 2.24) is 4.90 Å². The number of hydrogen-bond acceptors (Lipinski definition) is 4. The van der Waals surface area contributed by atoms with E-state index < -0.39 is 82.2 Å². The second-order valence-electron chi connectivity index (χ2n) is 6.23. The zero-order chi connectivity index (χ0) is 23.8. The normalized spacial score (nSPS) is 15.3. The van der Waals surface area contributed by atoms with Gasteiger partial charge in [0.25, 0.3) is 5.91 Å². The summed E-state index contributed by atoms with van der Waals surface area (Å²) in [7, 11) is 0. The van der Waals surface area contributed by atoms with Gasteiger partial charge in [-0.15, -0.1) is 0 Å². The molecule has 2 aromatic carbocycles. The van der Waals surface area contributed by atoms with Gasteiger partial charge in [-0.3, -0.25) is 9.69 Å². The SMILES string of the molecule is O=C(c1c(F)cccc1F)N1COCN(c2ccc(SC(F)(F)C(F)(F)F)cc2F)C1=O. The first kappa shape index (κ1) is 23.8. The molecule has 14 heteroatoms. The van der Waals surface area contributed by atoms with E-state index in [9.17, 15) is 44.7 Å². The van der Waals surface area contributed by atoms with Gasteiger partial charge < -0.3 is 4.74 Å². The lowest BCUT2D eigenvalue weighted by Crippen LogP contribution is -2.53. The number of anilines is 1. The van der Waals surface area contributed by atoms with Gasteiger partial charge in [0.1, 0.15) is 36.5 Å². The van der Waals surface area contributed by atoms with E-state index in [2.05, 4.69) is 0 Å². The van der Waals surface area contributed by atoms with Crippen LogP contribution >= 0.6 is 11.8 Å². The fourth-order valence-electron chi connectivity index (χ4n) is 2.61. The molecule has 3 amide bonds. The van der Waals surface area contributed by atoms with E-state index in [0.717, 1.165) is 24.3 Å². The number of halogens is 8. The lowest BCUT2D eigenvalue weighted by atomic mass is 10.1. The minimum atomic E-state index is -5.88. The summed E-state index contributed by atoms with van der Waals surface area (Å²) < 4.78 is 110. The van der Waals surface area contributed by atoms with E-state index in [1.54, 1.807) is 0 Å². The van der Waals surface area contributed by atoms with Crippen LogP contribution in [0.5, 0.6) is 0 Å². The van der Waals surface area contributed by atoms with Gasteiger partial charge in [0.15, 0.2) is 0 Å². The zero-order valence-corrected chi connectivity index (χ0v) is 16.2. The first-order valence-electron chi connectivity index (χ1n) is 8.41. The van der Waals surface area contributed by atoms with Crippen molar-refractivity contribution in [3.8, 4) is 0 Å². The fourth-order valence-corrected chi connectivity index (χ4v) is 3.32. The maximum absolute atomic E-state index is 14.4. The first-order valence-corrected chi connectivity index (χ1v) is 9.23. The maximum atomic E-state index is 14.4. The van der Waals surface area contributed by atoms with Crippen LogP contribution in [-0.4, -0.2) is 41.7 Å². The molecular formula is C18H10F8N2O3S. The Morgan fingerprint density at radius 3 is 2.12 bits per heavy atom. The third-order valence-corrected chi connectivity index (χ3v) is 5.09. The minimum Gasteiger partial charge on any atom is -0.340 e. The van der Waals surface area contributed by atoms with Gasteiger partial charge in [-0.1, -0.05) is 6.07 Å². The Kier molecular flexibility index (Phi) is 6.38. The molecule has 2 aromatic rings. The quantitative estimate of drug-likeness (QED) is 0.431. The molecule has 1 saturated heterocycles. The Morgan fingerprint density at radius 2 is 1.56 bits per heavy atom. The van der Waals surface area contributed by atoms with E-state index >= 15 is 0 Å². The number of hydrogen-bond donors (Lipinski definition) is 0. The first-order chi connectivity index (χ1) is 14.8. The Bertz CT molecular complexity index is 1040. The van der Waals surface area contributed by atoms with E-state index in [4.69, 9.17) is 4.74 Å². The number of benzene rings is 2. The van der Waals surface area contributed by atoms with Crippen molar-refractivity contribution in [3.05, 3.63) is 59.4 Å². The second kappa shape index (κ2) is 8.58. The molecule has 0 spiro atoms. The van der Waals surface area contributed by atoms with Crippen molar-refractivity contribution < 1.29 is 49.4 Å². The number of urea groups is 1. The molecule has 0 saturated carbocycles. The van der Waals surface area contributed by atoms with Gasteiger partial charge >= 0.3 is 17.5 Å². The Hall–Kier alpha value is -2.87. The molecule has 0 aromatic heterocycles. The highest BCUT2D eigenvalue weighted by Gasteiger charge is 2.58. The number of ether oxygens (including phenoxy) is 1. The highest BCUT2D eigenvalue weighted by atomic mass is 32.2. The monoisotopic (exact) mass is 486 g/mol. The van der Waals surface area contributed by atoms with Crippen LogP contribution < -0.4 is 4.90 Å². The Morgan fingerprint density at radius 1 is 0.938 bits per heavy atom. The van der Waals surface area contributed by atoms with E-state index in [0.29, 0.717) is 17.0 Å². The van der Waals surface area contributed by atoms with Gasteiger partial charge in [0, 0.05) is 4.90 Å². The zero-order valence-electron chi connectivity index (χ0n) is 15.4. The Labute approximate surface area is 178 Å². The standard InChI is InChI=1S/C18H10F8N2O3S/c19-10-2-1-3-11(20)14(10)15(29)28-8-31-7-27(16(28)30)13-5-4-9(6-12(13)21)32-18(25,26)17(22,23)24/h1-6H,7-8H2. The number of carbonyl (C=O) groups excluding carboxylic acids is 2. The van der Waals surface area contributed by atoms with E-state index in [1.807, 2.05) is 0 Å². The molecule has 0 radical (unpaired) electrons. The molecule has 5 nitrogen and oxygen atoms in total. The van der Waals surface area contributed by atoms with Crippen LogP contribution in [0.2, 0.25) is 0 Å². The number of alkyl halides is 5. The van der Waals surface area contributed by atoms with Gasteiger partial charge in [-0.2, -0.15) is 22.0 Å². The summed E-state index contributed by atoms with van der Waals surface area (Å²) in [6, 6.07) is 3.04. The molecule has 1 aliphatic rings. The topological polar surface area (TPSA) is 49.9 Å².